The molecule has 12 heteroatoms. The molecule has 0 aliphatic carbocycles. The predicted octanol–water partition coefficient (Wildman–Crippen LogP) is -2.15. The minimum absolute atomic E-state index is 0.192. The van der Waals surface area contributed by atoms with E-state index in [1.807, 2.05) is 0 Å². The Labute approximate surface area is 149 Å². The maximum absolute atomic E-state index is 11.5. The summed E-state index contributed by atoms with van der Waals surface area (Å²) in [6.45, 7) is 4.29. The number of hydrogen-bond donors (Lipinski definition) is 6. The van der Waals surface area contributed by atoms with E-state index in [1.54, 1.807) is 0 Å². The zero-order valence-corrected chi connectivity index (χ0v) is 14.8. The molecule has 0 aromatic heterocycles. The Bertz CT molecular complexity index is 520. The molecule has 0 heterocycles. The van der Waals surface area contributed by atoms with Crippen LogP contribution in [-0.2, 0) is 19.1 Å². The molecule has 12 nitrogen and oxygen atoms in total. The molecular weight excluding hydrogens is 354 g/mol. The van der Waals surface area contributed by atoms with Gasteiger partial charge in [-0.05, 0) is 6.92 Å². The Morgan fingerprint density at radius 3 is 2.27 bits per heavy atom. The zero-order valence-electron chi connectivity index (χ0n) is 14.8. The average molecular weight is 379 g/mol. The summed E-state index contributed by atoms with van der Waals surface area (Å²) in [5.41, 5.74) is 0. The zero-order chi connectivity index (χ0) is 20.5. The van der Waals surface area contributed by atoms with Crippen molar-refractivity contribution >= 4 is 18.2 Å². The van der Waals surface area contributed by atoms with Gasteiger partial charge in [0, 0.05) is 19.3 Å². The van der Waals surface area contributed by atoms with Crippen LogP contribution in [0.15, 0.2) is 17.4 Å². The van der Waals surface area contributed by atoms with E-state index in [-0.39, 0.29) is 12.2 Å². The Morgan fingerprint density at radius 1 is 1.27 bits per heavy atom. The number of rotatable bonds is 10. The van der Waals surface area contributed by atoms with Crippen molar-refractivity contribution in [3.63, 3.8) is 0 Å². The Kier molecular flexibility index (Phi) is 9.75. The molecule has 0 aliphatic heterocycles. The SMILES string of the molecule is CC(C)C(=O)OC(O)(O)C(OC(C)N(C)/C=C\C(=NO)NC=O)C(O)O. The number of aliphatic hydroxyl groups excluding tert-OH is 1. The topological polar surface area (TPSA) is 181 Å². The number of hydrogen-bond acceptors (Lipinski definition) is 11. The lowest BCUT2D eigenvalue weighted by Crippen LogP contribution is -2.56. The van der Waals surface area contributed by atoms with E-state index in [1.165, 1.54) is 45.0 Å². The van der Waals surface area contributed by atoms with Crippen molar-refractivity contribution in [3.8, 4) is 0 Å². The molecule has 2 unspecified atom stereocenters. The minimum Gasteiger partial charge on any atom is -0.409 e. The van der Waals surface area contributed by atoms with Crippen molar-refractivity contribution < 1.29 is 44.7 Å². The van der Waals surface area contributed by atoms with E-state index in [4.69, 9.17) is 9.94 Å². The standard InChI is InChI=1S/C14H25N3O9/c1-8(2)13(21)26-14(22,23)11(12(19)20)25-9(3)17(4)6-5-10(16-24)15-7-18/h5-9,11-12,19-20,22-24H,1-4H3,(H,15,16,18)/b6-5-. The third-order valence-corrected chi connectivity index (χ3v) is 3.06. The first-order valence-electron chi connectivity index (χ1n) is 7.47. The summed E-state index contributed by atoms with van der Waals surface area (Å²) in [6.07, 6.45) is -2.75. The van der Waals surface area contributed by atoms with Gasteiger partial charge in [-0.25, -0.2) is 0 Å². The molecule has 2 atom stereocenters. The second-order valence-electron chi connectivity index (χ2n) is 5.53. The molecule has 1 amide bonds. The lowest BCUT2D eigenvalue weighted by Gasteiger charge is -2.35. The second-order valence-corrected chi connectivity index (χ2v) is 5.53. The van der Waals surface area contributed by atoms with Gasteiger partial charge in [0.05, 0.1) is 5.92 Å². The van der Waals surface area contributed by atoms with Crippen LogP contribution in [0.5, 0.6) is 0 Å². The first-order valence-corrected chi connectivity index (χ1v) is 7.47. The maximum Gasteiger partial charge on any atom is 0.357 e. The highest BCUT2D eigenvalue weighted by Gasteiger charge is 2.46. The Balaban J connectivity index is 5.11. The Morgan fingerprint density at radius 2 is 1.85 bits per heavy atom. The van der Waals surface area contributed by atoms with E-state index in [0.717, 1.165) is 0 Å². The summed E-state index contributed by atoms with van der Waals surface area (Å²) < 4.78 is 9.59. The van der Waals surface area contributed by atoms with Gasteiger partial charge in [-0.15, -0.1) is 0 Å². The first kappa shape index (κ1) is 23.8. The van der Waals surface area contributed by atoms with Crippen LogP contribution in [0.2, 0.25) is 0 Å². The van der Waals surface area contributed by atoms with Crippen LogP contribution in [0.1, 0.15) is 20.8 Å². The normalized spacial score (nSPS) is 15.2. The molecule has 0 aromatic rings. The number of nitrogens with zero attached hydrogens (tertiary/aromatic N) is 2. The van der Waals surface area contributed by atoms with E-state index in [2.05, 4.69) is 15.2 Å². The van der Waals surface area contributed by atoms with E-state index >= 15 is 0 Å². The maximum atomic E-state index is 11.5. The van der Waals surface area contributed by atoms with Crippen LogP contribution >= 0.6 is 0 Å². The molecule has 0 saturated heterocycles. The number of esters is 1. The van der Waals surface area contributed by atoms with Crippen LogP contribution in [0.3, 0.4) is 0 Å². The van der Waals surface area contributed by atoms with Crippen molar-refractivity contribution in [2.24, 2.45) is 11.1 Å². The van der Waals surface area contributed by atoms with Crippen molar-refractivity contribution in [1.29, 1.82) is 0 Å². The van der Waals surface area contributed by atoms with Gasteiger partial charge in [0.2, 0.25) is 12.5 Å². The monoisotopic (exact) mass is 379 g/mol. The smallest absolute Gasteiger partial charge is 0.357 e. The highest BCUT2D eigenvalue weighted by molar-refractivity contribution is 5.98. The molecule has 0 saturated carbocycles. The van der Waals surface area contributed by atoms with Gasteiger partial charge < -0.3 is 45.3 Å². The number of oxime groups is 1. The fraction of sp³-hybridized carbons (Fsp3) is 0.643. The number of aliphatic hydroxyl groups is 4. The molecule has 0 aromatic carbocycles. The number of amidine groups is 1. The summed E-state index contributed by atoms with van der Waals surface area (Å²) in [7, 11) is 1.45. The Hall–Kier alpha value is -2.25. The lowest BCUT2D eigenvalue weighted by molar-refractivity contribution is -0.398. The largest absolute Gasteiger partial charge is 0.409 e. The summed E-state index contributed by atoms with van der Waals surface area (Å²) in [5, 5.41) is 51.9. The molecule has 26 heavy (non-hydrogen) atoms. The summed E-state index contributed by atoms with van der Waals surface area (Å²) in [6, 6.07) is 0. The molecule has 150 valence electrons. The van der Waals surface area contributed by atoms with Crippen molar-refractivity contribution in [2.75, 3.05) is 7.05 Å². The number of amides is 1. The number of carbonyl (C=O) groups excluding carboxylic acids is 2. The number of nitrogens with one attached hydrogen (secondary N) is 1. The summed E-state index contributed by atoms with van der Waals surface area (Å²) in [4.78, 5) is 23.1. The molecule has 0 bridgehead atoms. The van der Waals surface area contributed by atoms with Gasteiger partial charge in [-0.2, -0.15) is 0 Å². The summed E-state index contributed by atoms with van der Waals surface area (Å²) >= 11 is 0. The fourth-order valence-electron chi connectivity index (χ4n) is 1.47. The van der Waals surface area contributed by atoms with E-state index < -0.39 is 36.5 Å². The van der Waals surface area contributed by atoms with Crippen LogP contribution < -0.4 is 5.32 Å². The molecule has 0 radical (unpaired) electrons. The predicted molar refractivity (Wildman–Crippen MR) is 86.0 cm³/mol. The van der Waals surface area contributed by atoms with E-state index in [9.17, 15) is 30.0 Å². The third-order valence-electron chi connectivity index (χ3n) is 3.06. The van der Waals surface area contributed by atoms with Gasteiger partial charge in [-0.1, -0.05) is 19.0 Å². The minimum atomic E-state index is -3.30. The second kappa shape index (κ2) is 10.7. The number of ether oxygens (including phenoxy) is 2. The molecule has 6 N–H and O–H groups in total. The lowest BCUT2D eigenvalue weighted by atomic mass is 10.2. The van der Waals surface area contributed by atoms with Gasteiger partial charge in [0.1, 0.15) is 6.23 Å². The van der Waals surface area contributed by atoms with Crippen LogP contribution in [0.25, 0.3) is 0 Å². The highest BCUT2D eigenvalue weighted by Crippen LogP contribution is 2.20. The molecule has 0 spiro atoms. The van der Waals surface area contributed by atoms with Gasteiger partial charge in [0.25, 0.3) is 0 Å². The van der Waals surface area contributed by atoms with Crippen molar-refractivity contribution in [3.05, 3.63) is 12.3 Å². The van der Waals surface area contributed by atoms with Crippen molar-refractivity contribution in [1.82, 2.24) is 10.2 Å². The molecule has 0 aliphatic rings. The molecule has 0 rings (SSSR count). The van der Waals surface area contributed by atoms with Gasteiger partial charge >= 0.3 is 11.9 Å². The van der Waals surface area contributed by atoms with Crippen LogP contribution in [-0.4, -0.2) is 80.4 Å². The van der Waals surface area contributed by atoms with Crippen molar-refractivity contribution in [2.45, 2.75) is 45.4 Å². The van der Waals surface area contributed by atoms with Gasteiger partial charge in [-0.3, -0.25) is 9.59 Å². The number of carbonyl (C=O) groups is 2. The summed E-state index contributed by atoms with van der Waals surface area (Å²) in [5.74, 6) is -5.18. The molecular formula is C14H25N3O9. The fourth-order valence-corrected chi connectivity index (χ4v) is 1.47. The average Bonchev–Trinajstić information content (AvgIpc) is 2.54. The van der Waals surface area contributed by atoms with E-state index in [0.29, 0.717) is 0 Å². The molecule has 0 fully saturated rings. The highest BCUT2D eigenvalue weighted by atomic mass is 16.8. The quantitative estimate of drug-likeness (QED) is 0.0465. The van der Waals surface area contributed by atoms with Gasteiger partial charge in [0.15, 0.2) is 12.1 Å². The van der Waals surface area contributed by atoms with Crippen LogP contribution in [0, 0.1) is 5.92 Å². The van der Waals surface area contributed by atoms with Crippen LogP contribution in [0.4, 0.5) is 0 Å². The first-order chi connectivity index (χ1) is 12.0. The third kappa shape index (κ3) is 7.76.